The minimum absolute atomic E-state index is 0.0119. The van der Waals surface area contributed by atoms with E-state index >= 15 is 0 Å². The summed E-state index contributed by atoms with van der Waals surface area (Å²) in [5.41, 5.74) is 8.63. The van der Waals surface area contributed by atoms with Crippen LogP contribution >= 0.6 is 11.3 Å². The molecule has 8 heteroatoms. The molecule has 0 radical (unpaired) electrons. The second kappa shape index (κ2) is 14.3. The number of benzene rings is 1. The molecule has 4 N–H and O–H groups in total. The van der Waals surface area contributed by atoms with Crippen molar-refractivity contribution in [3.05, 3.63) is 57.8 Å². The van der Waals surface area contributed by atoms with Gasteiger partial charge < -0.3 is 21.3 Å². The van der Waals surface area contributed by atoms with Crippen molar-refractivity contribution in [1.29, 1.82) is 0 Å². The first-order valence-electron chi connectivity index (χ1n) is 13.6. The van der Waals surface area contributed by atoms with E-state index in [4.69, 9.17) is 5.73 Å². The molecule has 1 fully saturated rings. The van der Waals surface area contributed by atoms with E-state index in [1.807, 2.05) is 42.5 Å². The molecule has 0 saturated heterocycles. The van der Waals surface area contributed by atoms with Crippen LogP contribution in [-0.4, -0.2) is 54.3 Å². The molecule has 202 valence electrons. The number of hydrogen-bond donors (Lipinski definition) is 3. The maximum atomic E-state index is 13.3. The fraction of sp³-hybridized carbons (Fsp3) is 0.552. The maximum absolute atomic E-state index is 13.3. The summed E-state index contributed by atoms with van der Waals surface area (Å²) < 4.78 is 0. The monoisotopic (exact) mass is 526 g/mol. The molecule has 0 aliphatic heterocycles. The highest BCUT2D eigenvalue weighted by Crippen LogP contribution is 2.27. The van der Waals surface area contributed by atoms with Crippen molar-refractivity contribution in [1.82, 2.24) is 15.5 Å². The predicted molar refractivity (Wildman–Crippen MR) is 150 cm³/mol. The van der Waals surface area contributed by atoms with E-state index in [0.29, 0.717) is 43.0 Å². The summed E-state index contributed by atoms with van der Waals surface area (Å²) in [4.78, 5) is 40.8. The van der Waals surface area contributed by atoms with Crippen LogP contribution in [0.15, 0.2) is 41.1 Å². The number of amides is 3. The van der Waals surface area contributed by atoms with E-state index < -0.39 is 6.04 Å². The molecule has 2 aromatic rings. The fourth-order valence-electron chi connectivity index (χ4n) is 4.48. The van der Waals surface area contributed by atoms with Crippen LogP contribution in [0.2, 0.25) is 0 Å². The summed E-state index contributed by atoms with van der Waals surface area (Å²) in [5.74, 6) is 0.0521. The highest BCUT2D eigenvalue weighted by atomic mass is 32.1. The normalized spacial score (nSPS) is 15.5. The topological polar surface area (TPSA) is 105 Å². The largest absolute Gasteiger partial charge is 0.356 e. The lowest BCUT2D eigenvalue weighted by Crippen LogP contribution is -2.50. The summed E-state index contributed by atoms with van der Waals surface area (Å²) in [6, 6.07) is 8.16. The van der Waals surface area contributed by atoms with Crippen molar-refractivity contribution in [2.24, 2.45) is 17.6 Å². The lowest BCUT2D eigenvalue weighted by molar-refractivity contribution is -0.124. The molecule has 37 heavy (non-hydrogen) atoms. The first kappa shape index (κ1) is 28.9. The first-order chi connectivity index (χ1) is 17.8. The Hall–Kier alpha value is -2.71. The summed E-state index contributed by atoms with van der Waals surface area (Å²) in [6.07, 6.45) is 5.17. The van der Waals surface area contributed by atoms with Gasteiger partial charge in [-0.25, -0.2) is 0 Å². The molecule has 3 rings (SSSR count). The molecule has 0 bridgehead atoms. The molecule has 1 aromatic heterocycles. The lowest BCUT2D eigenvalue weighted by Gasteiger charge is -2.27. The zero-order chi connectivity index (χ0) is 26.8. The zero-order valence-electron chi connectivity index (χ0n) is 22.4. The second-order valence-electron chi connectivity index (χ2n) is 10.3. The van der Waals surface area contributed by atoms with Gasteiger partial charge in [-0.1, -0.05) is 26.8 Å². The van der Waals surface area contributed by atoms with E-state index in [1.54, 1.807) is 35.6 Å². The van der Waals surface area contributed by atoms with Gasteiger partial charge in [-0.2, -0.15) is 11.3 Å². The number of carbonyl (C=O) groups is 3. The van der Waals surface area contributed by atoms with E-state index in [0.717, 1.165) is 24.9 Å². The molecule has 1 aliphatic rings. The Morgan fingerprint density at radius 1 is 1.11 bits per heavy atom. The smallest absolute Gasteiger partial charge is 0.253 e. The van der Waals surface area contributed by atoms with Crippen LogP contribution in [0.25, 0.3) is 0 Å². The number of rotatable bonds is 15. The molecule has 1 saturated carbocycles. The zero-order valence-corrected chi connectivity index (χ0v) is 23.2. The van der Waals surface area contributed by atoms with Crippen molar-refractivity contribution in [3.8, 4) is 0 Å². The fourth-order valence-corrected chi connectivity index (χ4v) is 5.16. The molecule has 1 aliphatic carbocycles. The molecule has 7 nitrogen and oxygen atoms in total. The number of nitrogens with one attached hydrogen (secondary N) is 2. The molecule has 1 heterocycles. The van der Waals surface area contributed by atoms with Crippen LogP contribution in [0.1, 0.15) is 79.2 Å². The van der Waals surface area contributed by atoms with Gasteiger partial charge in [0, 0.05) is 48.8 Å². The standard InChI is InChI=1S/C29H42N4O3S/c1-4-12-33(13-5-2)29(36)24-8-6-7-23(17-24)28(35)32-26(16-22-11-14-37-19-22)25(30)15-20(3)27(34)31-18-21-9-10-21/h6-8,11,14,17,19-21,25-26H,4-5,9-10,12-13,15-16,18,30H2,1-3H3,(H,31,34)(H,32,35)/t20-,25+,26+/m1/s1. The maximum Gasteiger partial charge on any atom is 0.253 e. The molecular weight excluding hydrogens is 484 g/mol. The highest BCUT2D eigenvalue weighted by Gasteiger charge is 2.27. The van der Waals surface area contributed by atoms with E-state index in [9.17, 15) is 14.4 Å². The molecular formula is C29H42N4O3S. The first-order valence-corrected chi connectivity index (χ1v) is 14.5. The average Bonchev–Trinajstić information content (AvgIpc) is 3.59. The van der Waals surface area contributed by atoms with Gasteiger partial charge in [-0.05, 0) is 85.0 Å². The van der Waals surface area contributed by atoms with Gasteiger partial charge in [0.05, 0.1) is 0 Å². The van der Waals surface area contributed by atoms with Crippen molar-refractivity contribution < 1.29 is 14.4 Å². The van der Waals surface area contributed by atoms with Crippen LogP contribution in [-0.2, 0) is 11.2 Å². The third kappa shape index (κ3) is 8.97. The van der Waals surface area contributed by atoms with Crippen molar-refractivity contribution >= 4 is 29.1 Å². The number of thiophene rings is 1. The second-order valence-corrected chi connectivity index (χ2v) is 11.1. The summed E-state index contributed by atoms with van der Waals surface area (Å²) in [7, 11) is 0. The Kier molecular flexibility index (Phi) is 11.1. The summed E-state index contributed by atoms with van der Waals surface area (Å²) in [5, 5.41) is 10.2. The van der Waals surface area contributed by atoms with Crippen LogP contribution in [0.3, 0.4) is 0 Å². The molecule has 3 amide bonds. The molecule has 1 aromatic carbocycles. The van der Waals surface area contributed by atoms with Gasteiger partial charge in [-0.3, -0.25) is 14.4 Å². The Labute approximate surface area is 225 Å². The predicted octanol–water partition coefficient (Wildman–Crippen LogP) is 4.23. The number of hydrogen-bond acceptors (Lipinski definition) is 5. The van der Waals surface area contributed by atoms with Crippen molar-refractivity contribution in [3.63, 3.8) is 0 Å². The van der Waals surface area contributed by atoms with E-state index in [1.165, 1.54) is 12.8 Å². The van der Waals surface area contributed by atoms with Crippen LogP contribution in [0.4, 0.5) is 0 Å². The van der Waals surface area contributed by atoms with Gasteiger partial charge in [0.25, 0.3) is 11.8 Å². The summed E-state index contributed by atoms with van der Waals surface area (Å²) >= 11 is 1.60. The Morgan fingerprint density at radius 3 is 2.43 bits per heavy atom. The third-order valence-corrected chi connectivity index (χ3v) is 7.58. The number of nitrogens with zero attached hydrogens (tertiary/aromatic N) is 1. The number of nitrogens with two attached hydrogens (primary N) is 1. The van der Waals surface area contributed by atoms with Gasteiger partial charge in [0.1, 0.15) is 0 Å². The Balaban J connectivity index is 1.69. The quantitative estimate of drug-likeness (QED) is 0.323. The summed E-state index contributed by atoms with van der Waals surface area (Å²) in [6.45, 7) is 8.10. The highest BCUT2D eigenvalue weighted by molar-refractivity contribution is 7.07. The van der Waals surface area contributed by atoms with Gasteiger partial charge in [0.15, 0.2) is 0 Å². The number of carbonyl (C=O) groups excluding carboxylic acids is 3. The van der Waals surface area contributed by atoms with Gasteiger partial charge in [0.2, 0.25) is 5.91 Å². The van der Waals surface area contributed by atoms with Crippen molar-refractivity contribution in [2.45, 2.75) is 71.4 Å². The third-order valence-electron chi connectivity index (χ3n) is 6.85. The molecule has 0 spiro atoms. The van der Waals surface area contributed by atoms with E-state index in [2.05, 4.69) is 10.6 Å². The Bertz CT molecular complexity index is 1020. The van der Waals surface area contributed by atoms with Crippen LogP contribution in [0, 0.1) is 11.8 Å². The van der Waals surface area contributed by atoms with Crippen LogP contribution < -0.4 is 16.4 Å². The minimum Gasteiger partial charge on any atom is -0.356 e. The minimum atomic E-state index is -0.403. The van der Waals surface area contributed by atoms with Crippen LogP contribution in [0.5, 0.6) is 0 Å². The Morgan fingerprint density at radius 2 is 1.81 bits per heavy atom. The van der Waals surface area contributed by atoms with Crippen molar-refractivity contribution in [2.75, 3.05) is 19.6 Å². The lowest BCUT2D eigenvalue weighted by atomic mass is 9.92. The molecule has 0 unspecified atom stereocenters. The molecule has 3 atom stereocenters. The SMILES string of the molecule is CCCN(CCC)C(=O)c1cccc(C(=O)N[C@@H](Cc2ccsc2)[C@@H](N)C[C@@H](C)C(=O)NCC2CC2)c1. The van der Waals surface area contributed by atoms with E-state index in [-0.39, 0.29) is 29.7 Å². The van der Waals surface area contributed by atoms with Gasteiger partial charge in [-0.15, -0.1) is 0 Å². The average molecular weight is 527 g/mol. The van der Waals surface area contributed by atoms with Gasteiger partial charge >= 0.3 is 0 Å².